The lowest BCUT2D eigenvalue weighted by atomic mass is 10.1. The van der Waals surface area contributed by atoms with Gasteiger partial charge in [0.2, 0.25) is 0 Å². The molecule has 3 aromatic carbocycles. The molecule has 0 bridgehead atoms. The molecule has 3 amide bonds. The number of imide groups is 1. The molecule has 0 spiro atoms. The third-order valence-corrected chi connectivity index (χ3v) is 6.36. The van der Waals surface area contributed by atoms with E-state index in [4.69, 9.17) is 51.1 Å². The van der Waals surface area contributed by atoms with Crippen LogP contribution >= 0.6 is 62.3 Å². The van der Waals surface area contributed by atoms with Crippen LogP contribution in [0.15, 0.2) is 46.9 Å². The fraction of sp³-hybridized carbons (Fsp3) is 0.0909. The normalized spacial score (nSPS) is 10.6. The van der Waals surface area contributed by atoms with Crippen LogP contribution in [0.3, 0.4) is 0 Å². The van der Waals surface area contributed by atoms with Gasteiger partial charge in [-0.2, -0.15) is 0 Å². The maximum Gasteiger partial charge on any atom is 0.326 e. The molecule has 0 fully saturated rings. The topological polar surface area (TPSA) is 67.4 Å². The molecular weight excluding hydrogens is 562 g/mol. The maximum atomic E-state index is 12.4. The van der Waals surface area contributed by atoms with Gasteiger partial charge in [0.1, 0.15) is 11.5 Å². The number of urea groups is 1. The number of carbonyl (C=O) groups is 2. The van der Waals surface area contributed by atoms with Gasteiger partial charge < -0.3 is 10.1 Å². The minimum atomic E-state index is -0.765. The molecule has 0 atom stereocenters. The number of hydrogen-bond acceptors (Lipinski definition) is 3. The predicted molar refractivity (Wildman–Crippen MR) is 133 cm³/mol. The molecule has 3 aromatic rings. The molecule has 0 aromatic heterocycles. The number of anilines is 1. The molecular formula is C22H15BrCl4N2O3. The molecule has 10 heteroatoms. The van der Waals surface area contributed by atoms with Gasteiger partial charge in [-0.25, -0.2) is 4.79 Å². The van der Waals surface area contributed by atoms with Crippen LogP contribution in [0.5, 0.6) is 11.5 Å². The Bertz CT molecular complexity index is 1210. The zero-order valence-corrected chi connectivity index (χ0v) is 21.3. The van der Waals surface area contributed by atoms with Crippen molar-refractivity contribution in [2.75, 3.05) is 5.32 Å². The van der Waals surface area contributed by atoms with Crippen LogP contribution in [-0.4, -0.2) is 11.9 Å². The van der Waals surface area contributed by atoms with Crippen LogP contribution in [0.1, 0.15) is 21.5 Å². The number of nitrogens with one attached hydrogen (secondary N) is 2. The van der Waals surface area contributed by atoms with Crippen molar-refractivity contribution in [3.8, 4) is 11.5 Å². The van der Waals surface area contributed by atoms with Gasteiger partial charge in [-0.15, -0.1) is 0 Å². The van der Waals surface area contributed by atoms with Gasteiger partial charge >= 0.3 is 6.03 Å². The smallest absolute Gasteiger partial charge is 0.326 e. The fourth-order valence-corrected chi connectivity index (χ4v) is 4.43. The lowest BCUT2D eigenvalue weighted by molar-refractivity contribution is 0.0967. The quantitative estimate of drug-likeness (QED) is 0.327. The second-order valence-electron chi connectivity index (χ2n) is 6.69. The first-order chi connectivity index (χ1) is 15.1. The summed E-state index contributed by atoms with van der Waals surface area (Å²) in [4.78, 5) is 24.8. The van der Waals surface area contributed by atoms with Gasteiger partial charge in [0.25, 0.3) is 5.91 Å². The summed E-state index contributed by atoms with van der Waals surface area (Å²) in [6, 6.07) is 10.6. The highest BCUT2D eigenvalue weighted by atomic mass is 79.9. The monoisotopic (exact) mass is 574 g/mol. The molecule has 3 rings (SSSR count). The van der Waals surface area contributed by atoms with Gasteiger partial charge in [0.05, 0.1) is 25.1 Å². The van der Waals surface area contributed by atoms with Crippen LogP contribution < -0.4 is 15.4 Å². The van der Waals surface area contributed by atoms with Crippen LogP contribution in [0, 0.1) is 13.8 Å². The van der Waals surface area contributed by atoms with E-state index in [0.717, 1.165) is 0 Å². The number of hydrogen-bond donors (Lipinski definition) is 2. The third kappa shape index (κ3) is 5.50. The number of rotatable bonds is 4. The highest BCUT2D eigenvalue weighted by Crippen LogP contribution is 2.41. The Hall–Kier alpha value is -1.96. The summed E-state index contributed by atoms with van der Waals surface area (Å²) >= 11 is 27.9. The SMILES string of the molecule is Cc1cc(NC(=O)NC(=O)c2c(Cl)cccc2Cl)c(C)c(Cl)c1Oc1ccc(Cl)cc1Br. The molecule has 0 radical (unpaired) electrons. The summed E-state index contributed by atoms with van der Waals surface area (Å²) in [6.45, 7) is 3.50. The summed E-state index contributed by atoms with van der Waals surface area (Å²) in [5, 5.41) is 5.96. The summed E-state index contributed by atoms with van der Waals surface area (Å²) < 4.78 is 6.63. The Balaban J connectivity index is 1.80. The van der Waals surface area contributed by atoms with Crippen molar-refractivity contribution in [1.82, 2.24) is 5.32 Å². The van der Waals surface area contributed by atoms with Gasteiger partial charge in [-0.3, -0.25) is 10.1 Å². The summed E-state index contributed by atoms with van der Waals surface area (Å²) in [5.74, 6) is 0.225. The van der Waals surface area contributed by atoms with Gasteiger partial charge in [0, 0.05) is 10.7 Å². The zero-order valence-electron chi connectivity index (χ0n) is 16.7. The van der Waals surface area contributed by atoms with Crippen molar-refractivity contribution in [1.29, 1.82) is 0 Å². The summed E-state index contributed by atoms with van der Waals surface area (Å²) in [5.41, 5.74) is 1.63. The second kappa shape index (κ2) is 10.3. The second-order valence-corrected chi connectivity index (χ2v) is 9.17. The van der Waals surface area contributed by atoms with E-state index in [9.17, 15) is 9.59 Å². The van der Waals surface area contributed by atoms with Crippen LogP contribution in [0.4, 0.5) is 10.5 Å². The highest BCUT2D eigenvalue weighted by Gasteiger charge is 2.20. The van der Waals surface area contributed by atoms with Crippen molar-refractivity contribution >= 4 is 80.0 Å². The minimum absolute atomic E-state index is 0.00853. The Morgan fingerprint density at radius 1 is 0.969 bits per heavy atom. The molecule has 2 N–H and O–H groups in total. The number of ether oxygens (including phenoxy) is 1. The van der Waals surface area contributed by atoms with Crippen molar-refractivity contribution in [3.05, 3.63) is 83.7 Å². The molecule has 0 heterocycles. The molecule has 0 saturated heterocycles. The van der Waals surface area contributed by atoms with Crippen molar-refractivity contribution in [2.45, 2.75) is 13.8 Å². The molecule has 0 unspecified atom stereocenters. The van der Waals surface area contributed by atoms with E-state index in [-0.39, 0.29) is 15.6 Å². The zero-order chi connectivity index (χ0) is 23.6. The maximum absolute atomic E-state index is 12.4. The van der Waals surface area contributed by atoms with Crippen LogP contribution in [0.2, 0.25) is 20.1 Å². The predicted octanol–water partition coefficient (Wildman–Crippen LogP) is 8.43. The first-order valence-electron chi connectivity index (χ1n) is 9.07. The molecule has 32 heavy (non-hydrogen) atoms. The lowest BCUT2D eigenvalue weighted by Gasteiger charge is -2.17. The Labute approximate surface area is 213 Å². The van der Waals surface area contributed by atoms with E-state index < -0.39 is 11.9 Å². The Kier molecular flexibility index (Phi) is 7.96. The summed E-state index contributed by atoms with van der Waals surface area (Å²) in [7, 11) is 0. The van der Waals surface area contributed by atoms with Gasteiger partial charge in [-0.1, -0.05) is 52.5 Å². The van der Waals surface area contributed by atoms with Crippen LogP contribution in [-0.2, 0) is 0 Å². The highest BCUT2D eigenvalue weighted by molar-refractivity contribution is 9.10. The van der Waals surface area contributed by atoms with Gasteiger partial charge in [-0.05, 0) is 77.3 Å². The fourth-order valence-electron chi connectivity index (χ4n) is 2.81. The van der Waals surface area contributed by atoms with E-state index in [1.54, 1.807) is 44.2 Å². The van der Waals surface area contributed by atoms with E-state index in [2.05, 4.69) is 26.6 Å². The average molecular weight is 577 g/mol. The van der Waals surface area contributed by atoms with Crippen LogP contribution in [0.25, 0.3) is 0 Å². The van der Waals surface area contributed by atoms with Crippen molar-refractivity contribution in [2.24, 2.45) is 0 Å². The van der Waals surface area contributed by atoms with E-state index in [1.807, 2.05) is 0 Å². The largest absolute Gasteiger partial charge is 0.454 e. The Morgan fingerprint density at radius 3 is 2.25 bits per heavy atom. The van der Waals surface area contributed by atoms with Crippen molar-refractivity contribution < 1.29 is 14.3 Å². The minimum Gasteiger partial charge on any atom is -0.454 e. The van der Waals surface area contributed by atoms with E-state index in [1.165, 1.54) is 12.1 Å². The molecule has 0 saturated carbocycles. The first kappa shape index (κ1) is 24.7. The number of benzene rings is 3. The van der Waals surface area contributed by atoms with Gasteiger partial charge in [0.15, 0.2) is 0 Å². The summed E-state index contributed by atoms with van der Waals surface area (Å²) in [6.07, 6.45) is 0. The number of carbonyl (C=O) groups excluding carboxylic acids is 2. The standard InChI is InChI=1S/C22H15BrCl4N2O3/c1-10-8-16(28-22(31)29-21(30)18-14(25)4-3-5-15(18)26)11(2)19(27)20(10)32-17-7-6-12(24)9-13(17)23/h3-9H,1-2H3,(H2,28,29,30,31). The molecule has 0 aliphatic carbocycles. The number of aryl methyl sites for hydroxylation is 1. The lowest BCUT2D eigenvalue weighted by Crippen LogP contribution is -2.34. The van der Waals surface area contributed by atoms with E-state index in [0.29, 0.717) is 42.8 Å². The third-order valence-electron chi connectivity index (χ3n) is 4.42. The number of halogens is 5. The number of amides is 3. The first-order valence-corrected chi connectivity index (χ1v) is 11.4. The molecule has 0 aliphatic rings. The van der Waals surface area contributed by atoms with Crippen molar-refractivity contribution in [3.63, 3.8) is 0 Å². The molecule has 0 aliphatic heterocycles. The van der Waals surface area contributed by atoms with E-state index >= 15 is 0 Å². The Morgan fingerprint density at radius 2 is 1.62 bits per heavy atom. The molecule has 5 nitrogen and oxygen atoms in total. The average Bonchev–Trinajstić information content (AvgIpc) is 2.70. The molecule has 166 valence electrons.